The minimum atomic E-state index is 0.402. The van der Waals surface area contributed by atoms with E-state index in [1.807, 2.05) is 12.1 Å². The molecule has 1 heterocycles. The van der Waals surface area contributed by atoms with Crippen molar-refractivity contribution in [2.75, 3.05) is 39.4 Å². The van der Waals surface area contributed by atoms with Gasteiger partial charge < -0.3 is 15.2 Å². The van der Waals surface area contributed by atoms with Crippen molar-refractivity contribution < 1.29 is 9.47 Å². The standard InChI is InChI=1S/C17H28N2O2/c1-2-20-17-4-3-11-19(14-17)12-13-21-16-7-5-15(6-8-16)9-10-18/h5-8,17H,2-4,9-14,18H2,1H3. The molecule has 2 N–H and O–H groups in total. The summed E-state index contributed by atoms with van der Waals surface area (Å²) in [6.45, 7) is 7.45. The molecule has 1 aromatic carbocycles. The molecule has 1 unspecified atom stereocenters. The van der Waals surface area contributed by atoms with Gasteiger partial charge in [-0.05, 0) is 57.0 Å². The van der Waals surface area contributed by atoms with Crippen molar-refractivity contribution in [3.05, 3.63) is 29.8 Å². The van der Waals surface area contributed by atoms with Gasteiger partial charge in [-0.2, -0.15) is 0 Å². The Morgan fingerprint density at radius 3 is 2.81 bits per heavy atom. The van der Waals surface area contributed by atoms with Crippen molar-refractivity contribution in [2.24, 2.45) is 5.73 Å². The van der Waals surface area contributed by atoms with E-state index in [9.17, 15) is 0 Å². The summed E-state index contributed by atoms with van der Waals surface area (Å²) in [4.78, 5) is 2.44. The Labute approximate surface area is 128 Å². The van der Waals surface area contributed by atoms with E-state index < -0.39 is 0 Å². The summed E-state index contributed by atoms with van der Waals surface area (Å²) < 4.78 is 11.5. The summed E-state index contributed by atoms with van der Waals surface area (Å²) in [6.07, 6.45) is 3.73. The van der Waals surface area contributed by atoms with E-state index in [4.69, 9.17) is 15.2 Å². The van der Waals surface area contributed by atoms with Gasteiger partial charge in [0.25, 0.3) is 0 Å². The fraction of sp³-hybridized carbons (Fsp3) is 0.647. The van der Waals surface area contributed by atoms with Gasteiger partial charge >= 0.3 is 0 Å². The maximum atomic E-state index is 5.82. The van der Waals surface area contributed by atoms with Crippen LogP contribution in [-0.2, 0) is 11.2 Å². The van der Waals surface area contributed by atoms with E-state index in [2.05, 4.69) is 24.0 Å². The number of rotatable bonds is 8. The molecule has 0 spiro atoms. The molecule has 0 bridgehead atoms. The van der Waals surface area contributed by atoms with Gasteiger partial charge in [-0.3, -0.25) is 4.90 Å². The van der Waals surface area contributed by atoms with Gasteiger partial charge in [0.05, 0.1) is 6.10 Å². The second-order valence-corrected chi connectivity index (χ2v) is 5.55. The lowest BCUT2D eigenvalue weighted by molar-refractivity contribution is 0.00304. The van der Waals surface area contributed by atoms with Crippen molar-refractivity contribution in [2.45, 2.75) is 32.3 Å². The second kappa shape index (κ2) is 9.03. The highest BCUT2D eigenvalue weighted by Crippen LogP contribution is 2.14. The molecule has 0 saturated carbocycles. The summed E-state index contributed by atoms with van der Waals surface area (Å²) >= 11 is 0. The zero-order chi connectivity index (χ0) is 14.9. The van der Waals surface area contributed by atoms with Crippen LogP contribution in [0.1, 0.15) is 25.3 Å². The summed E-state index contributed by atoms with van der Waals surface area (Å²) in [5.41, 5.74) is 6.81. The lowest BCUT2D eigenvalue weighted by atomic mass is 10.1. The van der Waals surface area contributed by atoms with Crippen LogP contribution < -0.4 is 10.5 Å². The minimum Gasteiger partial charge on any atom is -0.492 e. The van der Waals surface area contributed by atoms with Crippen molar-refractivity contribution in [1.29, 1.82) is 0 Å². The van der Waals surface area contributed by atoms with Gasteiger partial charge in [0.2, 0.25) is 0 Å². The maximum absolute atomic E-state index is 5.82. The summed E-state index contributed by atoms with van der Waals surface area (Å²) in [5, 5.41) is 0. The highest BCUT2D eigenvalue weighted by molar-refractivity contribution is 5.27. The van der Waals surface area contributed by atoms with Crippen LogP contribution in [0.25, 0.3) is 0 Å². The van der Waals surface area contributed by atoms with Gasteiger partial charge in [-0.25, -0.2) is 0 Å². The molecule has 4 nitrogen and oxygen atoms in total. The molecule has 0 radical (unpaired) electrons. The third-order valence-electron chi connectivity index (χ3n) is 3.90. The van der Waals surface area contributed by atoms with Crippen LogP contribution in [0.3, 0.4) is 0 Å². The third kappa shape index (κ3) is 5.65. The Balaban J connectivity index is 1.68. The number of nitrogens with two attached hydrogens (primary N) is 1. The number of nitrogens with zero attached hydrogens (tertiary/aromatic N) is 1. The topological polar surface area (TPSA) is 47.7 Å². The molecule has 4 heteroatoms. The first kappa shape index (κ1) is 16.3. The van der Waals surface area contributed by atoms with E-state index in [0.29, 0.717) is 12.6 Å². The molecule has 1 aliphatic rings. The molecule has 21 heavy (non-hydrogen) atoms. The number of likely N-dealkylation sites (tertiary alicyclic amines) is 1. The van der Waals surface area contributed by atoms with E-state index in [-0.39, 0.29) is 0 Å². The quantitative estimate of drug-likeness (QED) is 0.797. The fourth-order valence-corrected chi connectivity index (χ4v) is 2.80. The highest BCUT2D eigenvalue weighted by atomic mass is 16.5. The Kier molecular flexibility index (Phi) is 7.00. The van der Waals surface area contributed by atoms with Gasteiger partial charge in [-0.1, -0.05) is 12.1 Å². The molecular weight excluding hydrogens is 264 g/mol. The lowest BCUT2D eigenvalue weighted by Gasteiger charge is -2.32. The first-order valence-corrected chi connectivity index (χ1v) is 8.07. The van der Waals surface area contributed by atoms with Crippen molar-refractivity contribution in [1.82, 2.24) is 4.90 Å². The molecule has 0 amide bonds. The van der Waals surface area contributed by atoms with Crippen molar-refractivity contribution >= 4 is 0 Å². The number of piperidine rings is 1. The van der Waals surface area contributed by atoms with Crippen LogP contribution in [-0.4, -0.2) is 50.4 Å². The Morgan fingerprint density at radius 2 is 2.10 bits per heavy atom. The molecule has 2 rings (SSSR count). The summed E-state index contributed by atoms with van der Waals surface area (Å²) in [7, 11) is 0. The van der Waals surface area contributed by atoms with Crippen LogP contribution in [0.2, 0.25) is 0 Å². The molecule has 118 valence electrons. The molecule has 1 aromatic rings. The molecule has 0 aliphatic carbocycles. The van der Waals surface area contributed by atoms with Crippen LogP contribution in [0, 0.1) is 0 Å². The van der Waals surface area contributed by atoms with Crippen LogP contribution >= 0.6 is 0 Å². The monoisotopic (exact) mass is 292 g/mol. The van der Waals surface area contributed by atoms with Gasteiger partial charge in [-0.15, -0.1) is 0 Å². The number of benzene rings is 1. The minimum absolute atomic E-state index is 0.402. The highest BCUT2D eigenvalue weighted by Gasteiger charge is 2.19. The van der Waals surface area contributed by atoms with Gasteiger partial charge in [0.15, 0.2) is 0 Å². The number of hydrogen-bond donors (Lipinski definition) is 1. The first-order chi connectivity index (χ1) is 10.3. The van der Waals surface area contributed by atoms with Crippen LogP contribution in [0.5, 0.6) is 5.75 Å². The third-order valence-corrected chi connectivity index (χ3v) is 3.90. The maximum Gasteiger partial charge on any atom is 0.119 e. The van der Waals surface area contributed by atoms with Crippen LogP contribution in [0.4, 0.5) is 0 Å². The molecule has 1 aliphatic heterocycles. The molecule has 1 fully saturated rings. The molecule has 1 atom stereocenters. The first-order valence-electron chi connectivity index (χ1n) is 8.07. The number of ether oxygens (including phenoxy) is 2. The van der Waals surface area contributed by atoms with Gasteiger partial charge in [0.1, 0.15) is 12.4 Å². The van der Waals surface area contributed by atoms with E-state index >= 15 is 0 Å². The summed E-state index contributed by atoms with van der Waals surface area (Å²) in [5.74, 6) is 0.939. The second-order valence-electron chi connectivity index (χ2n) is 5.55. The molecule has 1 saturated heterocycles. The summed E-state index contributed by atoms with van der Waals surface area (Å²) in [6, 6.07) is 8.25. The molecular formula is C17H28N2O2. The van der Waals surface area contributed by atoms with Crippen molar-refractivity contribution in [3.8, 4) is 5.75 Å². The Morgan fingerprint density at radius 1 is 1.29 bits per heavy atom. The van der Waals surface area contributed by atoms with E-state index in [1.54, 1.807) is 0 Å². The predicted molar refractivity (Wildman–Crippen MR) is 85.8 cm³/mol. The predicted octanol–water partition coefficient (Wildman–Crippen LogP) is 2.07. The zero-order valence-electron chi connectivity index (χ0n) is 13.1. The Bertz CT molecular complexity index is 392. The van der Waals surface area contributed by atoms with E-state index in [0.717, 1.165) is 45.0 Å². The largest absolute Gasteiger partial charge is 0.492 e. The zero-order valence-corrected chi connectivity index (χ0v) is 13.1. The molecule has 0 aromatic heterocycles. The van der Waals surface area contributed by atoms with E-state index in [1.165, 1.54) is 18.4 Å². The van der Waals surface area contributed by atoms with Gasteiger partial charge in [0, 0.05) is 19.7 Å². The normalized spacial score (nSPS) is 19.6. The SMILES string of the molecule is CCOC1CCCN(CCOc2ccc(CCN)cc2)C1. The number of hydrogen-bond acceptors (Lipinski definition) is 4. The average molecular weight is 292 g/mol. The Hall–Kier alpha value is -1.10. The van der Waals surface area contributed by atoms with Crippen LogP contribution in [0.15, 0.2) is 24.3 Å². The smallest absolute Gasteiger partial charge is 0.119 e. The average Bonchev–Trinajstić information content (AvgIpc) is 2.50. The fourth-order valence-electron chi connectivity index (χ4n) is 2.80. The lowest BCUT2D eigenvalue weighted by Crippen LogP contribution is -2.41. The van der Waals surface area contributed by atoms with Crippen molar-refractivity contribution in [3.63, 3.8) is 0 Å².